The zero-order valence-corrected chi connectivity index (χ0v) is 11.7. The molecule has 0 atom stereocenters. The van der Waals surface area contributed by atoms with E-state index in [2.05, 4.69) is 32.9 Å². The van der Waals surface area contributed by atoms with Gasteiger partial charge >= 0.3 is 6.09 Å². The van der Waals surface area contributed by atoms with Crippen LogP contribution in [0.5, 0.6) is 0 Å². The highest BCUT2D eigenvalue weighted by Gasteiger charge is 2.08. The Bertz CT molecular complexity index is 501. The maximum atomic E-state index is 11.5. The summed E-state index contributed by atoms with van der Waals surface area (Å²) >= 11 is 3.58. The largest absolute Gasteiger partial charge is 0.444 e. The Hall–Kier alpha value is -1.15. The quantitative estimate of drug-likeness (QED) is 0.853. The number of ether oxygens (including phenoxy) is 1. The Morgan fingerprint density at radius 2 is 2.18 bits per heavy atom. The number of nitrogens with zero attached hydrogens (tertiary/aromatic N) is 1. The highest BCUT2D eigenvalue weighted by molar-refractivity contribution is 14.1. The van der Waals surface area contributed by atoms with E-state index in [9.17, 15) is 4.79 Å². The summed E-state index contributed by atoms with van der Waals surface area (Å²) in [7, 11) is 0. The summed E-state index contributed by atoms with van der Waals surface area (Å²) in [4.78, 5) is 15.5. The van der Waals surface area contributed by atoms with Crippen LogP contribution in [0.4, 0.5) is 10.6 Å². The van der Waals surface area contributed by atoms with E-state index in [1.165, 1.54) is 11.3 Å². The number of anilines is 1. The zero-order chi connectivity index (χ0) is 12.1. The fourth-order valence-electron chi connectivity index (χ4n) is 1.17. The SMILES string of the molecule is O=C(Nc1ncsc1I)OCc1ccccc1. The van der Waals surface area contributed by atoms with Crippen LogP contribution in [-0.2, 0) is 11.3 Å². The molecule has 0 saturated heterocycles. The minimum atomic E-state index is -0.488. The van der Waals surface area contributed by atoms with Crippen molar-refractivity contribution in [3.8, 4) is 0 Å². The Morgan fingerprint density at radius 1 is 1.41 bits per heavy atom. The molecule has 1 N–H and O–H groups in total. The molecule has 1 aromatic carbocycles. The second-order valence-corrected chi connectivity index (χ2v) is 5.83. The van der Waals surface area contributed by atoms with Gasteiger partial charge in [-0.05, 0) is 28.2 Å². The number of amides is 1. The van der Waals surface area contributed by atoms with Gasteiger partial charge in [-0.1, -0.05) is 30.3 Å². The van der Waals surface area contributed by atoms with Crippen molar-refractivity contribution in [2.24, 2.45) is 0 Å². The molecule has 1 aromatic heterocycles. The number of benzene rings is 1. The number of hydrogen-bond donors (Lipinski definition) is 1. The minimum Gasteiger partial charge on any atom is -0.444 e. The van der Waals surface area contributed by atoms with Gasteiger partial charge in [0.1, 0.15) is 9.49 Å². The number of nitrogens with one attached hydrogen (secondary N) is 1. The van der Waals surface area contributed by atoms with Crippen molar-refractivity contribution in [2.75, 3.05) is 5.32 Å². The number of carbonyl (C=O) groups is 1. The van der Waals surface area contributed by atoms with E-state index in [1.807, 2.05) is 30.3 Å². The molecule has 1 heterocycles. The average molecular weight is 360 g/mol. The van der Waals surface area contributed by atoms with Gasteiger partial charge in [-0.2, -0.15) is 0 Å². The summed E-state index contributed by atoms with van der Waals surface area (Å²) in [6.07, 6.45) is -0.488. The van der Waals surface area contributed by atoms with Gasteiger partial charge in [-0.15, -0.1) is 11.3 Å². The van der Waals surface area contributed by atoms with Crippen molar-refractivity contribution in [1.29, 1.82) is 0 Å². The summed E-state index contributed by atoms with van der Waals surface area (Å²) in [5, 5.41) is 2.59. The Labute approximate surface area is 116 Å². The molecule has 0 aliphatic carbocycles. The van der Waals surface area contributed by atoms with E-state index >= 15 is 0 Å². The Morgan fingerprint density at radius 3 is 2.82 bits per heavy atom. The van der Waals surface area contributed by atoms with Gasteiger partial charge in [0.25, 0.3) is 0 Å². The van der Waals surface area contributed by atoms with Gasteiger partial charge in [0.15, 0.2) is 5.82 Å². The van der Waals surface area contributed by atoms with Crippen LogP contribution >= 0.6 is 33.9 Å². The highest BCUT2D eigenvalue weighted by Crippen LogP contribution is 2.20. The standard InChI is InChI=1S/C11H9IN2O2S/c12-9-10(13-7-17-9)14-11(15)16-6-8-4-2-1-3-5-8/h1-5,7H,6H2,(H,14,15). The van der Waals surface area contributed by atoms with E-state index in [1.54, 1.807) is 5.51 Å². The Kier molecular flexibility index (Phi) is 4.32. The minimum absolute atomic E-state index is 0.257. The molecule has 0 bridgehead atoms. The topological polar surface area (TPSA) is 51.2 Å². The number of hydrogen-bond acceptors (Lipinski definition) is 4. The summed E-state index contributed by atoms with van der Waals surface area (Å²) in [5.74, 6) is 0.550. The molecule has 0 unspecified atom stereocenters. The van der Waals surface area contributed by atoms with E-state index in [-0.39, 0.29) is 6.61 Å². The van der Waals surface area contributed by atoms with Gasteiger partial charge in [0.2, 0.25) is 0 Å². The fraction of sp³-hybridized carbons (Fsp3) is 0.0909. The molecule has 4 nitrogen and oxygen atoms in total. The molecule has 0 spiro atoms. The number of aromatic nitrogens is 1. The number of thiazole rings is 1. The third kappa shape index (κ3) is 3.67. The fourth-order valence-corrected chi connectivity index (χ4v) is 2.25. The highest BCUT2D eigenvalue weighted by atomic mass is 127. The molecule has 88 valence electrons. The molecular formula is C11H9IN2O2S. The molecule has 0 fully saturated rings. The van der Waals surface area contributed by atoms with E-state index in [0.717, 1.165) is 8.45 Å². The normalized spacial score (nSPS) is 9.94. The van der Waals surface area contributed by atoms with E-state index in [0.29, 0.717) is 5.82 Å². The molecule has 0 aliphatic rings. The lowest BCUT2D eigenvalue weighted by Crippen LogP contribution is -2.14. The van der Waals surface area contributed by atoms with Crippen molar-refractivity contribution >= 4 is 45.8 Å². The van der Waals surface area contributed by atoms with Crippen LogP contribution in [0.25, 0.3) is 0 Å². The monoisotopic (exact) mass is 360 g/mol. The molecule has 1 amide bonds. The molecule has 0 saturated carbocycles. The van der Waals surface area contributed by atoms with Gasteiger partial charge < -0.3 is 4.74 Å². The van der Waals surface area contributed by atoms with Crippen molar-refractivity contribution in [2.45, 2.75) is 6.61 Å². The van der Waals surface area contributed by atoms with Crippen LogP contribution < -0.4 is 5.32 Å². The summed E-state index contributed by atoms with van der Waals surface area (Å²) in [5.41, 5.74) is 2.63. The predicted octanol–water partition coefficient (Wildman–Crippen LogP) is 3.50. The molecule has 6 heteroatoms. The summed E-state index contributed by atoms with van der Waals surface area (Å²) < 4.78 is 6.00. The van der Waals surface area contributed by atoms with Crippen LogP contribution in [0.3, 0.4) is 0 Å². The molecular weight excluding hydrogens is 351 g/mol. The molecule has 0 radical (unpaired) electrons. The van der Waals surface area contributed by atoms with Crippen LogP contribution in [-0.4, -0.2) is 11.1 Å². The number of halogens is 1. The number of rotatable bonds is 3. The average Bonchev–Trinajstić information content (AvgIpc) is 2.74. The third-order valence-corrected chi connectivity index (χ3v) is 3.84. The summed E-state index contributed by atoms with van der Waals surface area (Å²) in [6.45, 7) is 0.257. The third-order valence-electron chi connectivity index (χ3n) is 1.96. The molecule has 2 aromatic rings. The lowest BCUT2D eigenvalue weighted by Gasteiger charge is -2.05. The summed E-state index contributed by atoms with van der Waals surface area (Å²) in [6, 6.07) is 9.53. The van der Waals surface area contributed by atoms with Crippen molar-refractivity contribution < 1.29 is 9.53 Å². The Balaban J connectivity index is 1.85. The van der Waals surface area contributed by atoms with E-state index < -0.39 is 6.09 Å². The van der Waals surface area contributed by atoms with Crippen molar-refractivity contribution in [3.05, 3.63) is 44.3 Å². The van der Waals surface area contributed by atoms with Crippen LogP contribution in [0.1, 0.15) is 5.56 Å². The lowest BCUT2D eigenvalue weighted by molar-refractivity contribution is 0.155. The maximum absolute atomic E-state index is 11.5. The zero-order valence-electron chi connectivity index (χ0n) is 8.72. The second-order valence-electron chi connectivity index (χ2n) is 3.16. The van der Waals surface area contributed by atoms with Crippen molar-refractivity contribution in [1.82, 2.24) is 4.98 Å². The molecule has 17 heavy (non-hydrogen) atoms. The van der Waals surface area contributed by atoms with Gasteiger partial charge in [-0.3, -0.25) is 5.32 Å². The van der Waals surface area contributed by atoms with Crippen LogP contribution in [0, 0.1) is 2.88 Å². The lowest BCUT2D eigenvalue weighted by atomic mass is 10.2. The predicted molar refractivity (Wildman–Crippen MR) is 75.1 cm³/mol. The molecule has 2 rings (SSSR count). The number of carbonyl (C=O) groups excluding carboxylic acids is 1. The first-order valence-electron chi connectivity index (χ1n) is 4.82. The first kappa shape index (κ1) is 12.3. The molecule has 0 aliphatic heterocycles. The first-order chi connectivity index (χ1) is 8.25. The van der Waals surface area contributed by atoms with Gasteiger partial charge in [0.05, 0.1) is 5.51 Å². The van der Waals surface area contributed by atoms with Crippen molar-refractivity contribution in [3.63, 3.8) is 0 Å². The second kappa shape index (κ2) is 5.97. The first-order valence-corrected chi connectivity index (χ1v) is 6.78. The van der Waals surface area contributed by atoms with E-state index in [4.69, 9.17) is 4.74 Å². The smallest absolute Gasteiger partial charge is 0.413 e. The van der Waals surface area contributed by atoms with Crippen LogP contribution in [0.2, 0.25) is 0 Å². The van der Waals surface area contributed by atoms with Crippen LogP contribution in [0.15, 0.2) is 35.8 Å². The van der Waals surface area contributed by atoms with Gasteiger partial charge in [-0.25, -0.2) is 9.78 Å². The maximum Gasteiger partial charge on any atom is 0.413 e. The van der Waals surface area contributed by atoms with Gasteiger partial charge in [0, 0.05) is 0 Å².